The fourth-order valence-electron chi connectivity index (χ4n) is 2.64. The third-order valence-corrected chi connectivity index (χ3v) is 5.17. The Bertz CT molecular complexity index is 813. The summed E-state index contributed by atoms with van der Waals surface area (Å²) in [5.41, 5.74) is 1.35. The van der Waals surface area contributed by atoms with E-state index >= 15 is 0 Å². The van der Waals surface area contributed by atoms with Gasteiger partial charge in [-0.1, -0.05) is 41.5 Å². The summed E-state index contributed by atoms with van der Waals surface area (Å²) >= 11 is 1.43. The van der Waals surface area contributed by atoms with Gasteiger partial charge in [-0.15, -0.1) is 11.8 Å². The summed E-state index contributed by atoms with van der Waals surface area (Å²) in [6.07, 6.45) is 1.60. The molecular weight excluding hydrogens is 376 g/mol. The lowest BCUT2D eigenvalue weighted by Gasteiger charge is -2.28. The van der Waals surface area contributed by atoms with Gasteiger partial charge in [0.1, 0.15) is 5.75 Å². The largest absolute Gasteiger partial charge is 0.507 e. The molecule has 0 atom stereocenters. The van der Waals surface area contributed by atoms with Crippen molar-refractivity contribution in [2.45, 2.75) is 57.3 Å². The van der Waals surface area contributed by atoms with E-state index in [9.17, 15) is 9.90 Å². The Balaban J connectivity index is 2.17. The molecule has 0 fully saturated rings. The number of aromatic hydroxyl groups is 1. The van der Waals surface area contributed by atoms with E-state index in [0.717, 1.165) is 16.0 Å². The van der Waals surface area contributed by atoms with Crippen LogP contribution in [0.4, 0.5) is 5.88 Å². The van der Waals surface area contributed by atoms with Gasteiger partial charge in [0.2, 0.25) is 11.2 Å². The Kier molecular flexibility index (Phi) is 6.33. The lowest BCUT2D eigenvalue weighted by Crippen LogP contribution is -2.53. The van der Waals surface area contributed by atoms with Gasteiger partial charge in [0.05, 0.1) is 24.6 Å². The smallest absolute Gasteiger partial charge is 0.305 e. The Labute approximate surface area is 171 Å². The highest BCUT2D eigenvalue weighted by Crippen LogP contribution is 2.41. The van der Waals surface area contributed by atoms with Crippen LogP contribution in [0.1, 0.15) is 52.7 Å². The van der Waals surface area contributed by atoms with E-state index < -0.39 is 0 Å². The Morgan fingerprint density at radius 2 is 1.71 bits per heavy atom. The SMILES string of the molecule is CN(C)[n+]1cc(NC(=O)CSc2cc(C(C)(C)C)c(O)c(C(C)(C)C)c2)on1. The van der Waals surface area contributed by atoms with E-state index in [1.807, 2.05) is 26.2 Å². The van der Waals surface area contributed by atoms with Crippen molar-refractivity contribution in [3.05, 3.63) is 29.5 Å². The molecule has 1 heterocycles. The number of anilines is 1. The van der Waals surface area contributed by atoms with E-state index in [2.05, 4.69) is 52.1 Å². The summed E-state index contributed by atoms with van der Waals surface area (Å²) in [7, 11) is 3.63. The first-order chi connectivity index (χ1) is 12.8. The molecule has 1 amide bonds. The number of hydrogen-bond donors (Lipinski definition) is 2. The molecule has 0 bridgehead atoms. The van der Waals surface area contributed by atoms with Crippen molar-refractivity contribution in [1.29, 1.82) is 0 Å². The van der Waals surface area contributed by atoms with Crippen molar-refractivity contribution >= 4 is 23.6 Å². The molecular formula is C20H31N4O3S+. The minimum atomic E-state index is -0.206. The van der Waals surface area contributed by atoms with Gasteiger partial charge in [-0.2, -0.15) is 5.01 Å². The number of hydrogen-bond acceptors (Lipinski definition) is 6. The summed E-state index contributed by atoms with van der Waals surface area (Å²) in [6.45, 7) is 12.4. The molecule has 0 aliphatic carbocycles. The number of carbonyl (C=O) groups is 1. The molecule has 2 N–H and O–H groups in total. The number of amides is 1. The molecule has 1 aromatic heterocycles. The van der Waals surface area contributed by atoms with Gasteiger partial charge >= 0.3 is 5.88 Å². The molecule has 0 spiro atoms. The quantitative estimate of drug-likeness (QED) is 0.585. The van der Waals surface area contributed by atoms with Crippen molar-refractivity contribution in [3.8, 4) is 5.75 Å². The minimum absolute atomic E-state index is 0.185. The number of aromatic nitrogens is 2. The van der Waals surface area contributed by atoms with Crippen LogP contribution in [0.5, 0.6) is 5.75 Å². The van der Waals surface area contributed by atoms with E-state index in [1.54, 1.807) is 11.2 Å². The Morgan fingerprint density at radius 3 is 2.14 bits per heavy atom. The van der Waals surface area contributed by atoms with Gasteiger partial charge in [0.15, 0.2) is 0 Å². The van der Waals surface area contributed by atoms with Crippen LogP contribution in [-0.4, -0.2) is 36.1 Å². The van der Waals surface area contributed by atoms with Crippen LogP contribution < -0.4 is 15.1 Å². The number of nitrogens with zero attached hydrogens (tertiary/aromatic N) is 3. The molecule has 0 aliphatic heterocycles. The number of rotatable bonds is 5. The van der Waals surface area contributed by atoms with Crippen molar-refractivity contribution in [1.82, 2.24) is 5.27 Å². The van der Waals surface area contributed by atoms with Crippen molar-refractivity contribution in [3.63, 3.8) is 0 Å². The summed E-state index contributed by atoms with van der Waals surface area (Å²) < 4.78 is 5.09. The normalized spacial score (nSPS) is 12.1. The molecule has 0 saturated heterocycles. The third kappa shape index (κ3) is 5.41. The predicted octanol–water partition coefficient (Wildman–Crippen LogP) is 3.19. The highest BCUT2D eigenvalue weighted by molar-refractivity contribution is 8.00. The summed E-state index contributed by atoms with van der Waals surface area (Å²) in [6, 6.07) is 3.94. The lowest BCUT2D eigenvalue weighted by molar-refractivity contribution is -0.753. The number of thioether (sulfide) groups is 1. The van der Waals surface area contributed by atoms with Gasteiger partial charge in [-0.05, 0) is 23.0 Å². The fourth-order valence-corrected chi connectivity index (χ4v) is 3.41. The van der Waals surface area contributed by atoms with Crippen LogP contribution >= 0.6 is 11.8 Å². The van der Waals surface area contributed by atoms with Crippen molar-refractivity contribution in [2.75, 3.05) is 30.2 Å². The van der Waals surface area contributed by atoms with Crippen LogP contribution in [0.2, 0.25) is 0 Å². The number of nitrogens with one attached hydrogen (secondary N) is 1. The van der Waals surface area contributed by atoms with Crippen molar-refractivity contribution in [2.24, 2.45) is 0 Å². The van der Waals surface area contributed by atoms with E-state index in [-0.39, 0.29) is 28.4 Å². The van der Waals surface area contributed by atoms with E-state index in [4.69, 9.17) is 4.52 Å². The summed E-state index contributed by atoms with van der Waals surface area (Å²) in [4.78, 5) is 14.7. The third-order valence-electron chi connectivity index (χ3n) is 4.20. The van der Waals surface area contributed by atoms with Gasteiger partial charge in [0, 0.05) is 16.0 Å². The number of carbonyl (C=O) groups excluding carboxylic acids is 1. The zero-order valence-electron chi connectivity index (χ0n) is 18.0. The molecule has 0 unspecified atom stereocenters. The molecule has 0 aliphatic rings. The topological polar surface area (TPSA) is 82.5 Å². The monoisotopic (exact) mass is 407 g/mol. The van der Waals surface area contributed by atoms with Gasteiger partial charge in [-0.3, -0.25) is 14.6 Å². The molecule has 154 valence electrons. The van der Waals surface area contributed by atoms with Gasteiger partial charge in [0.25, 0.3) is 6.20 Å². The van der Waals surface area contributed by atoms with Crippen LogP contribution in [0, 0.1) is 0 Å². The first-order valence-electron chi connectivity index (χ1n) is 9.16. The molecule has 7 nitrogen and oxygen atoms in total. The second-order valence-corrected chi connectivity index (χ2v) is 10.1. The maximum atomic E-state index is 12.3. The zero-order chi connectivity index (χ0) is 21.3. The standard InChI is InChI=1S/C20H30N4O3S/c1-19(2,3)14-9-13(10-15(18(14)26)20(4,5)6)28-12-16(25)21-17-11-24(22-27-17)23(7)8/h9-11H,12H2,1-8H3,(H-,21,22,25,26)/p+1. The van der Waals surface area contributed by atoms with Crippen LogP contribution in [0.15, 0.2) is 27.7 Å². The summed E-state index contributed by atoms with van der Waals surface area (Å²) in [5, 5.41) is 19.0. The van der Waals surface area contributed by atoms with Crippen LogP contribution in [-0.2, 0) is 15.6 Å². The molecule has 28 heavy (non-hydrogen) atoms. The Morgan fingerprint density at radius 1 is 1.18 bits per heavy atom. The molecule has 0 saturated carbocycles. The fraction of sp³-hybridized carbons (Fsp3) is 0.550. The first kappa shape index (κ1) is 22.1. The van der Waals surface area contributed by atoms with Crippen LogP contribution in [0.25, 0.3) is 0 Å². The lowest BCUT2D eigenvalue weighted by atomic mass is 9.79. The van der Waals surface area contributed by atoms with Gasteiger partial charge < -0.3 is 5.11 Å². The number of phenols is 1. The van der Waals surface area contributed by atoms with Crippen LogP contribution in [0.3, 0.4) is 0 Å². The first-order valence-corrected chi connectivity index (χ1v) is 10.1. The second kappa shape index (κ2) is 8.03. The second-order valence-electron chi connectivity index (χ2n) is 9.04. The number of phenolic OH excluding ortho intramolecular Hbond substituents is 1. The highest BCUT2D eigenvalue weighted by Gasteiger charge is 2.27. The maximum Gasteiger partial charge on any atom is 0.305 e. The highest BCUT2D eigenvalue weighted by atomic mass is 32.2. The minimum Gasteiger partial charge on any atom is -0.507 e. The predicted molar refractivity (Wildman–Crippen MR) is 112 cm³/mol. The maximum absolute atomic E-state index is 12.3. The van der Waals surface area contributed by atoms with Gasteiger partial charge in [-0.25, -0.2) is 0 Å². The molecule has 0 radical (unpaired) electrons. The summed E-state index contributed by atoms with van der Waals surface area (Å²) in [5.74, 6) is 0.662. The molecule has 2 aromatic rings. The average molecular weight is 408 g/mol. The van der Waals surface area contributed by atoms with E-state index in [1.165, 1.54) is 16.6 Å². The Hall–Kier alpha value is -2.22. The number of benzene rings is 1. The molecule has 1 aromatic carbocycles. The average Bonchev–Trinajstić information content (AvgIpc) is 3.00. The van der Waals surface area contributed by atoms with Crippen molar-refractivity contribution < 1.29 is 19.2 Å². The molecule has 2 rings (SSSR count). The molecule has 8 heteroatoms. The zero-order valence-corrected chi connectivity index (χ0v) is 18.8. The van der Waals surface area contributed by atoms with E-state index in [0.29, 0.717) is 5.75 Å².